The molecular weight excluding hydrogens is 292 g/mol. The quantitative estimate of drug-likeness (QED) is 0.864. The fourth-order valence-corrected chi connectivity index (χ4v) is 2.55. The Hall–Kier alpha value is -1.69. The monoisotopic (exact) mass is 313 g/mol. The standard InChI is InChI=1S/C16H21F2NO3/c1-16(2,3)22-15(21)19-7-6-11(9-14(19)20)10-4-5-12(17)13(18)8-10/h4-5,8,11,14,20H,6-7,9H2,1-3H3. The molecule has 0 saturated carbocycles. The topological polar surface area (TPSA) is 49.8 Å². The van der Waals surface area contributed by atoms with E-state index in [9.17, 15) is 18.7 Å². The second-order valence-corrected chi connectivity index (χ2v) is 6.55. The number of rotatable bonds is 1. The normalized spacial score (nSPS) is 22.5. The van der Waals surface area contributed by atoms with Gasteiger partial charge in [0.2, 0.25) is 0 Å². The fourth-order valence-electron chi connectivity index (χ4n) is 2.55. The zero-order valence-corrected chi connectivity index (χ0v) is 13.0. The Bertz CT molecular complexity index is 557. The number of carbonyl (C=O) groups is 1. The van der Waals surface area contributed by atoms with Crippen LogP contribution in [0.15, 0.2) is 18.2 Å². The SMILES string of the molecule is CC(C)(C)OC(=O)N1CCC(c2ccc(F)c(F)c2)CC1O. The third-order valence-corrected chi connectivity index (χ3v) is 3.62. The third-order valence-electron chi connectivity index (χ3n) is 3.62. The lowest BCUT2D eigenvalue weighted by molar-refractivity contribution is -0.0492. The summed E-state index contributed by atoms with van der Waals surface area (Å²) < 4.78 is 31.5. The Morgan fingerprint density at radius 3 is 2.55 bits per heavy atom. The minimum absolute atomic E-state index is 0.121. The van der Waals surface area contributed by atoms with Gasteiger partial charge in [0.25, 0.3) is 0 Å². The number of piperidine rings is 1. The van der Waals surface area contributed by atoms with Crippen LogP contribution in [0.3, 0.4) is 0 Å². The van der Waals surface area contributed by atoms with Gasteiger partial charge in [-0.25, -0.2) is 13.6 Å². The molecule has 0 bridgehead atoms. The van der Waals surface area contributed by atoms with Gasteiger partial charge in [-0.15, -0.1) is 0 Å². The number of benzene rings is 1. The van der Waals surface area contributed by atoms with E-state index in [1.807, 2.05) is 0 Å². The minimum Gasteiger partial charge on any atom is -0.444 e. The maximum absolute atomic E-state index is 13.3. The van der Waals surface area contributed by atoms with Crippen molar-refractivity contribution in [3.63, 3.8) is 0 Å². The molecule has 4 nitrogen and oxygen atoms in total. The van der Waals surface area contributed by atoms with Gasteiger partial charge < -0.3 is 9.84 Å². The molecule has 0 aromatic heterocycles. The number of hydrogen-bond donors (Lipinski definition) is 1. The van der Waals surface area contributed by atoms with Gasteiger partial charge in [0.15, 0.2) is 11.6 Å². The van der Waals surface area contributed by atoms with E-state index in [4.69, 9.17) is 4.74 Å². The Labute approximate surface area is 128 Å². The van der Waals surface area contributed by atoms with E-state index in [1.165, 1.54) is 11.0 Å². The summed E-state index contributed by atoms with van der Waals surface area (Å²) in [6.07, 6.45) is -0.739. The maximum atomic E-state index is 13.3. The molecule has 0 aliphatic carbocycles. The first-order valence-electron chi connectivity index (χ1n) is 7.30. The van der Waals surface area contributed by atoms with E-state index in [0.29, 0.717) is 18.5 Å². The van der Waals surface area contributed by atoms with Crippen LogP contribution >= 0.6 is 0 Å². The van der Waals surface area contributed by atoms with Crippen molar-refractivity contribution < 1.29 is 23.4 Å². The number of aliphatic hydroxyl groups excluding tert-OH is 1. The lowest BCUT2D eigenvalue weighted by atomic mass is 9.88. The molecule has 1 saturated heterocycles. The summed E-state index contributed by atoms with van der Waals surface area (Å²) >= 11 is 0. The first-order valence-corrected chi connectivity index (χ1v) is 7.30. The second-order valence-electron chi connectivity index (χ2n) is 6.55. The average Bonchev–Trinajstić information content (AvgIpc) is 2.39. The van der Waals surface area contributed by atoms with Gasteiger partial charge in [-0.05, 0) is 57.2 Å². The molecule has 1 amide bonds. The largest absolute Gasteiger partial charge is 0.444 e. The van der Waals surface area contributed by atoms with Crippen molar-refractivity contribution >= 4 is 6.09 Å². The number of nitrogens with zero attached hydrogens (tertiary/aromatic N) is 1. The summed E-state index contributed by atoms with van der Waals surface area (Å²) in [6.45, 7) is 5.57. The summed E-state index contributed by atoms with van der Waals surface area (Å²) in [4.78, 5) is 13.3. The zero-order valence-electron chi connectivity index (χ0n) is 13.0. The third kappa shape index (κ3) is 3.94. The van der Waals surface area contributed by atoms with Gasteiger partial charge in [-0.2, -0.15) is 0 Å². The molecule has 1 aliphatic rings. The van der Waals surface area contributed by atoms with E-state index in [1.54, 1.807) is 20.8 Å². The van der Waals surface area contributed by atoms with Crippen LogP contribution in [0.5, 0.6) is 0 Å². The van der Waals surface area contributed by atoms with Gasteiger partial charge >= 0.3 is 6.09 Å². The van der Waals surface area contributed by atoms with Crippen molar-refractivity contribution in [2.24, 2.45) is 0 Å². The van der Waals surface area contributed by atoms with Crippen molar-refractivity contribution in [2.45, 2.75) is 51.4 Å². The Morgan fingerprint density at radius 2 is 2.00 bits per heavy atom. The van der Waals surface area contributed by atoms with Crippen LogP contribution in [0.1, 0.15) is 45.1 Å². The zero-order chi connectivity index (χ0) is 16.5. The van der Waals surface area contributed by atoms with Crippen molar-refractivity contribution in [3.8, 4) is 0 Å². The summed E-state index contributed by atoms with van der Waals surface area (Å²) in [5.74, 6) is -1.92. The molecule has 0 spiro atoms. The van der Waals surface area contributed by atoms with Gasteiger partial charge in [-0.3, -0.25) is 4.90 Å². The van der Waals surface area contributed by atoms with Crippen LogP contribution in [0.4, 0.5) is 13.6 Å². The predicted octanol–water partition coefficient (Wildman–Crippen LogP) is 3.40. The number of ether oxygens (including phenoxy) is 1. The molecule has 2 atom stereocenters. The molecule has 1 aliphatic heterocycles. The maximum Gasteiger partial charge on any atom is 0.412 e. The summed E-state index contributed by atoms with van der Waals surface area (Å²) in [6, 6.07) is 3.74. The molecule has 0 radical (unpaired) electrons. The van der Waals surface area contributed by atoms with Crippen molar-refractivity contribution in [1.82, 2.24) is 4.90 Å². The highest BCUT2D eigenvalue weighted by atomic mass is 19.2. The highest BCUT2D eigenvalue weighted by molar-refractivity contribution is 5.68. The number of amides is 1. The Balaban J connectivity index is 2.03. The summed E-state index contributed by atoms with van der Waals surface area (Å²) in [5.41, 5.74) is -0.00456. The van der Waals surface area contributed by atoms with Gasteiger partial charge in [0.05, 0.1) is 0 Å². The first kappa shape index (κ1) is 16.7. The van der Waals surface area contributed by atoms with E-state index in [2.05, 4.69) is 0 Å². The van der Waals surface area contributed by atoms with E-state index in [0.717, 1.165) is 12.1 Å². The molecule has 2 unspecified atom stereocenters. The van der Waals surface area contributed by atoms with Crippen LogP contribution in [-0.4, -0.2) is 34.5 Å². The van der Waals surface area contributed by atoms with E-state index in [-0.39, 0.29) is 12.3 Å². The molecule has 1 N–H and O–H groups in total. The summed E-state index contributed by atoms with van der Waals surface area (Å²) in [7, 11) is 0. The first-order chi connectivity index (χ1) is 10.2. The van der Waals surface area contributed by atoms with Crippen molar-refractivity contribution in [3.05, 3.63) is 35.4 Å². The Kier molecular flexibility index (Phi) is 4.70. The van der Waals surface area contributed by atoms with Crippen LogP contribution < -0.4 is 0 Å². The van der Waals surface area contributed by atoms with Crippen LogP contribution in [0, 0.1) is 11.6 Å². The van der Waals surface area contributed by atoms with Crippen LogP contribution in [0.2, 0.25) is 0 Å². The van der Waals surface area contributed by atoms with Crippen LogP contribution in [0.25, 0.3) is 0 Å². The molecule has 2 rings (SSSR count). The molecule has 1 aromatic carbocycles. The summed E-state index contributed by atoms with van der Waals surface area (Å²) in [5, 5.41) is 10.1. The molecule has 1 fully saturated rings. The number of aliphatic hydroxyl groups is 1. The van der Waals surface area contributed by atoms with Crippen LogP contribution in [-0.2, 0) is 4.74 Å². The van der Waals surface area contributed by atoms with Gasteiger partial charge in [0.1, 0.15) is 11.8 Å². The number of likely N-dealkylation sites (tertiary alicyclic amines) is 1. The lowest BCUT2D eigenvalue weighted by Crippen LogP contribution is -2.47. The molecule has 122 valence electrons. The van der Waals surface area contributed by atoms with Crippen molar-refractivity contribution in [2.75, 3.05) is 6.54 Å². The molecule has 1 aromatic rings. The lowest BCUT2D eigenvalue weighted by Gasteiger charge is -2.37. The predicted molar refractivity (Wildman–Crippen MR) is 77.3 cm³/mol. The molecule has 22 heavy (non-hydrogen) atoms. The highest BCUT2D eigenvalue weighted by Gasteiger charge is 2.33. The van der Waals surface area contributed by atoms with Gasteiger partial charge in [-0.1, -0.05) is 6.07 Å². The van der Waals surface area contributed by atoms with Crippen molar-refractivity contribution in [1.29, 1.82) is 0 Å². The molecule has 6 heteroatoms. The molecular formula is C16H21F2NO3. The second kappa shape index (κ2) is 6.20. The van der Waals surface area contributed by atoms with E-state index >= 15 is 0 Å². The number of hydrogen-bond acceptors (Lipinski definition) is 3. The smallest absolute Gasteiger partial charge is 0.412 e. The Morgan fingerprint density at radius 1 is 1.32 bits per heavy atom. The highest BCUT2D eigenvalue weighted by Crippen LogP contribution is 2.32. The van der Waals surface area contributed by atoms with Gasteiger partial charge in [0, 0.05) is 6.54 Å². The molecule has 1 heterocycles. The van der Waals surface area contributed by atoms with E-state index < -0.39 is 29.6 Å². The average molecular weight is 313 g/mol. The number of carbonyl (C=O) groups excluding carboxylic acids is 1. The minimum atomic E-state index is -0.998. The number of halogens is 2. The fraction of sp³-hybridized carbons (Fsp3) is 0.562.